The molecule has 0 spiro atoms. The van der Waals surface area contributed by atoms with Crippen molar-refractivity contribution in [2.75, 3.05) is 13.7 Å². The monoisotopic (exact) mass is 379 g/mol. The Labute approximate surface area is 121 Å². The smallest absolute Gasteiger partial charge is 0.328 e. The molecule has 18 heavy (non-hydrogen) atoms. The van der Waals surface area contributed by atoms with Gasteiger partial charge in [0.2, 0.25) is 0 Å². The molecule has 0 saturated heterocycles. The largest absolute Gasteiger partial charge is 0.480 e. The first kappa shape index (κ1) is 15.1. The predicted octanol–water partition coefficient (Wildman–Crippen LogP) is 2.04. The van der Waals surface area contributed by atoms with Gasteiger partial charge in [-0.1, -0.05) is 15.9 Å². The second kappa shape index (κ2) is 6.86. The highest BCUT2D eigenvalue weighted by Gasteiger charge is 2.21. The Bertz CT molecular complexity index is 464. The number of benzene rings is 1. The van der Waals surface area contributed by atoms with Gasteiger partial charge in [0.25, 0.3) is 5.91 Å². The maximum Gasteiger partial charge on any atom is 0.328 e. The Morgan fingerprint density at radius 1 is 1.44 bits per heavy atom. The van der Waals surface area contributed by atoms with Gasteiger partial charge in [-0.05, 0) is 34.1 Å². The number of carboxylic acids is 1. The first-order chi connectivity index (χ1) is 8.45. The van der Waals surface area contributed by atoms with Crippen LogP contribution in [0.5, 0.6) is 0 Å². The van der Waals surface area contributed by atoms with Crippen LogP contribution in [0.1, 0.15) is 10.4 Å². The minimum Gasteiger partial charge on any atom is -0.480 e. The van der Waals surface area contributed by atoms with Gasteiger partial charge in [0.05, 0.1) is 12.2 Å². The zero-order chi connectivity index (χ0) is 13.7. The van der Waals surface area contributed by atoms with E-state index in [-0.39, 0.29) is 6.61 Å². The molecule has 1 amide bonds. The number of amides is 1. The summed E-state index contributed by atoms with van der Waals surface area (Å²) in [6, 6.07) is 3.93. The lowest BCUT2D eigenvalue weighted by atomic mass is 10.2. The normalized spacial score (nSPS) is 11.9. The van der Waals surface area contributed by atoms with Crippen molar-refractivity contribution in [1.29, 1.82) is 0 Å². The van der Waals surface area contributed by atoms with Crippen molar-refractivity contribution in [2.24, 2.45) is 0 Å². The number of methoxy groups -OCH3 is 1. The molecular formula is C11H11Br2NO4. The molecule has 0 saturated carbocycles. The summed E-state index contributed by atoms with van der Waals surface area (Å²) >= 11 is 6.51. The Balaban J connectivity index is 2.83. The van der Waals surface area contributed by atoms with Gasteiger partial charge < -0.3 is 15.2 Å². The summed E-state index contributed by atoms with van der Waals surface area (Å²) < 4.78 is 6.13. The third-order valence-electron chi connectivity index (χ3n) is 2.11. The average molecular weight is 381 g/mol. The molecule has 0 aliphatic carbocycles. The number of carbonyl (C=O) groups is 2. The summed E-state index contributed by atoms with van der Waals surface area (Å²) in [5.41, 5.74) is 0.362. The van der Waals surface area contributed by atoms with E-state index in [0.29, 0.717) is 10.0 Å². The number of hydrogen-bond acceptors (Lipinski definition) is 3. The molecule has 0 aromatic heterocycles. The quantitative estimate of drug-likeness (QED) is 0.819. The molecule has 98 valence electrons. The van der Waals surface area contributed by atoms with E-state index in [1.54, 1.807) is 18.2 Å². The number of ether oxygens (including phenoxy) is 1. The van der Waals surface area contributed by atoms with E-state index < -0.39 is 17.9 Å². The molecule has 1 atom stereocenters. The predicted molar refractivity (Wildman–Crippen MR) is 72.6 cm³/mol. The lowest BCUT2D eigenvalue weighted by Crippen LogP contribution is -2.43. The zero-order valence-electron chi connectivity index (χ0n) is 9.44. The third kappa shape index (κ3) is 4.08. The number of carboxylic acid groups (broad SMARTS) is 1. The van der Waals surface area contributed by atoms with E-state index in [4.69, 9.17) is 9.84 Å². The lowest BCUT2D eigenvalue weighted by molar-refractivity contribution is -0.140. The molecular weight excluding hydrogens is 370 g/mol. The van der Waals surface area contributed by atoms with Gasteiger partial charge in [0, 0.05) is 16.1 Å². The number of aliphatic carboxylic acids is 1. The van der Waals surface area contributed by atoms with Crippen molar-refractivity contribution < 1.29 is 19.4 Å². The second-order valence-electron chi connectivity index (χ2n) is 3.44. The molecule has 0 radical (unpaired) electrons. The molecule has 0 aliphatic heterocycles. The third-order valence-corrected chi connectivity index (χ3v) is 3.26. The Kier molecular flexibility index (Phi) is 5.77. The fraction of sp³-hybridized carbons (Fsp3) is 0.273. The van der Waals surface area contributed by atoms with Crippen LogP contribution in [-0.4, -0.2) is 36.7 Å². The van der Waals surface area contributed by atoms with Crippen molar-refractivity contribution in [2.45, 2.75) is 6.04 Å². The Morgan fingerprint density at radius 3 is 2.61 bits per heavy atom. The molecule has 1 aromatic rings. The molecule has 1 unspecified atom stereocenters. The minimum atomic E-state index is -1.14. The van der Waals surface area contributed by atoms with Crippen molar-refractivity contribution in [3.8, 4) is 0 Å². The van der Waals surface area contributed by atoms with Gasteiger partial charge in [0.15, 0.2) is 6.04 Å². The summed E-state index contributed by atoms with van der Waals surface area (Å²) in [5.74, 6) is -1.61. The highest BCUT2D eigenvalue weighted by atomic mass is 79.9. The van der Waals surface area contributed by atoms with Crippen LogP contribution in [-0.2, 0) is 9.53 Å². The minimum absolute atomic E-state index is 0.0881. The molecule has 2 N–H and O–H groups in total. The van der Waals surface area contributed by atoms with E-state index in [1.807, 2.05) is 0 Å². The summed E-state index contributed by atoms with van der Waals surface area (Å²) in [6.45, 7) is -0.0881. The van der Waals surface area contributed by atoms with Crippen LogP contribution in [0.2, 0.25) is 0 Å². The van der Waals surface area contributed by atoms with Crippen LogP contribution >= 0.6 is 31.9 Å². The van der Waals surface area contributed by atoms with Gasteiger partial charge >= 0.3 is 5.97 Å². The van der Waals surface area contributed by atoms with E-state index in [1.165, 1.54) is 7.11 Å². The molecule has 0 fully saturated rings. The standard InChI is InChI=1S/C11H11Br2NO4/c1-18-5-9(11(16)17)14-10(15)7-3-2-6(12)4-8(7)13/h2-4,9H,5H2,1H3,(H,14,15)(H,16,17). The fourth-order valence-electron chi connectivity index (χ4n) is 1.25. The molecule has 0 heterocycles. The summed E-state index contributed by atoms with van der Waals surface area (Å²) in [6.07, 6.45) is 0. The van der Waals surface area contributed by atoms with Gasteiger partial charge in [0.1, 0.15) is 0 Å². The van der Waals surface area contributed by atoms with Gasteiger partial charge in [-0.15, -0.1) is 0 Å². The topological polar surface area (TPSA) is 75.6 Å². The van der Waals surface area contributed by atoms with Crippen molar-refractivity contribution in [1.82, 2.24) is 5.32 Å². The number of halogens is 2. The number of nitrogens with one attached hydrogen (secondary N) is 1. The molecule has 1 aromatic carbocycles. The molecule has 5 nitrogen and oxygen atoms in total. The molecule has 7 heteroatoms. The van der Waals surface area contributed by atoms with Crippen LogP contribution in [0.3, 0.4) is 0 Å². The van der Waals surface area contributed by atoms with E-state index in [9.17, 15) is 9.59 Å². The van der Waals surface area contributed by atoms with Crippen molar-refractivity contribution in [3.05, 3.63) is 32.7 Å². The molecule has 1 rings (SSSR count). The van der Waals surface area contributed by atoms with Gasteiger partial charge in [-0.2, -0.15) is 0 Å². The number of rotatable bonds is 5. The summed E-state index contributed by atoms with van der Waals surface area (Å²) in [5, 5.41) is 11.3. The zero-order valence-corrected chi connectivity index (χ0v) is 12.6. The van der Waals surface area contributed by atoms with Crippen LogP contribution in [0, 0.1) is 0 Å². The number of carbonyl (C=O) groups excluding carboxylic acids is 1. The average Bonchev–Trinajstić information content (AvgIpc) is 2.27. The Hall–Kier alpha value is -0.920. The van der Waals surface area contributed by atoms with Crippen molar-refractivity contribution in [3.63, 3.8) is 0 Å². The Morgan fingerprint density at radius 2 is 2.11 bits per heavy atom. The number of hydrogen-bond donors (Lipinski definition) is 2. The van der Waals surface area contributed by atoms with Crippen LogP contribution in [0.4, 0.5) is 0 Å². The first-order valence-corrected chi connectivity index (χ1v) is 6.52. The van der Waals surface area contributed by atoms with Crippen LogP contribution in [0.25, 0.3) is 0 Å². The van der Waals surface area contributed by atoms with Gasteiger partial charge in [-0.25, -0.2) is 4.79 Å². The first-order valence-electron chi connectivity index (χ1n) is 4.93. The van der Waals surface area contributed by atoms with E-state index in [2.05, 4.69) is 37.2 Å². The summed E-state index contributed by atoms with van der Waals surface area (Å²) in [4.78, 5) is 22.8. The van der Waals surface area contributed by atoms with Crippen LogP contribution < -0.4 is 5.32 Å². The summed E-state index contributed by atoms with van der Waals surface area (Å²) in [7, 11) is 1.37. The van der Waals surface area contributed by atoms with Gasteiger partial charge in [-0.3, -0.25) is 4.79 Å². The van der Waals surface area contributed by atoms with E-state index in [0.717, 1.165) is 4.47 Å². The molecule has 0 aliphatic rings. The second-order valence-corrected chi connectivity index (χ2v) is 5.21. The maximum atomic E-state index is 11.9. The van der Waals surface area contributed by atoms with Crippen molar-refractivity contribution >= 4 is 43.7 Å². The van der Waals surface area contributed by atoms with E-state index >= 15 is 0 Å². The maximum absolute atomic E-state index is 11.9. The SMILES string of the molecule is COCC(NC(=O)c1ccc(Br)cc1Br)C(=O)O. The highest BCUT2D eigenvalue weighted by Crippen LogP contribution is 2.21. The highest BCUT2D eigenvalue weighted by molar-refractivity contribution is 9.11. The fourth-order valence-corrected chi connectivity index (χ4v) is 2.48. The molecule has 0 bridgehead atoms. The lowest BCUT2D eigenvalue weighted by Gasteiger charge is -2.14. The van der Waals surface area contributed by atoms with Crippen LogP contribution in [0.15, 0.2) is 27.1 Å².